The minimum Gasteiger partial charge on any atom is -0.381 e. The summed E-state index contributed by atoms with van der Waals surface area (Å²) in [6.07, 6.45) is 6.78. The average Bonchev–Trinajstić information content (AvgIpc) is 2.29. The van der Waals surface area contributed by atoms with E-state index in [2.05, 4.69) is 19.2 Å². The Kier molecular flexibility index (Phi) is 4.66. The second-order valence-electron chi connectivity index (χ2n) is 5.99. The largest absolute Gasteiger partial charge is 0.381 e. The van der Waals surface area contributed by atoms with Gasteiger partial charge in [0.15, 0.2) is 0 Å². The van der Waals surface area contributed by atoms with Crippen LogP contribution in [0.15, 0.2) is 0 Å². The van der Waals surface area contributed by atoms with Gasteiger partial charge in [0.2, 0.25) is 0 Å². The molecule has 1 N–H and O–H groups in total. The van der Waals surface area contributed by atoms with E-state index in [0.717, 1.165) is 37.0 Å². The molecule has 2 nitrogen and oxygen atoms in total. The summed E-state index contributed by atoms with van der Waals surface area (Å²) in [4.78, 5) is 0. The van der Waals surface area contributed by atoms with Crippen LogP contribution in [0.5, 0.6) is 0 Å². The van der Waals surface area contributed by atoms with Crippen LogP contribution in [0.1, 0.15) is 46.0 Å². The number of hydrogen-bond donors (Lipinski definition) is 1. The molecule has 0 spiro atoms. The molecule has 1 saturated heterocycles. The summed E-state index contributed by atoms with van der Waals surface area (Å²) in [5.41, 5.74) is 0. The van der Waals surface area contributed by atoms with Crippen LogP contribution >= 0.6 is 0 Å². The Bertz CT molecular complexity index is 201. The smallest absolute Gasteiger partial charge is 0.0506 e. The van der Waals surface area contributed by atoms with Gasteiger partial charge in [-0.05, 0) is 49.9 Å². The Morgan fingerprint density at radius 2 is 2.06 bits per heavy atom. The Morgan fingerprint density at radius 1 is 1.19 bits per heavy atom. The molecule has 94 valence electrons. The highest BCUT2D eigenvalue weighted by molar-refractivity contribution is 4.82. The zero-order valence-electron chi connectivity index (χ0n) is 10.9. The van der Waals surface area contributed by atoms with E-state index in [4.69, 9.17) is 4.74 Å². The molecule has 1 aliphatic carbocycles. The van der Waals surface area contributed by atoms with Crippen LogP contribution in [-0.2, 0) is 4.74 Å². The van der Waals surface area contributed by atoms with Crippen LogP contribution in [0.2, 0.25) is 0 Å². The van der Waals surface area contributed by atoms with Gasteiger partial charge in [-0.25, -0.2) is 0 Å². The maximum absolute atomic E-state index is 5.53. The average molecular weight is 225 g/mol. The van der Waals surface area contributed by atoms with Crippen molar-refractivity contribution in [1.82, 2.24) is 5.32 Å². The van der Waals surface area contributed by atoms with Gasteiger partial charge < -0.3 is 10.1 Å². The van der Waals surface area contributed by atoms with E-state index in [1.54, 1.807) is 0 Å². The van der Waals surface area contributed by atoms with Crippen LogP contribution in [0, 0.1) is 17.8 Å². The van der Waals surface area contributed by atoms with Gasteiger partial charge in [-0.1, -0.05) is 13.8 Å². The SMILES string of the molecule is CC1CCC(NCC2CCCOC2)C(C)C1. The lowest BCUT2D eigenvalue weighted by Crippen LogP contribution is -2.42. The van der Waals surface area contributed by atoms with E-state index in [1.165, 1.54) is 38.6 Å². The molecule has 4 atom stereocenters. The fourth-order valence-corrected chi connectivity index (χ4v) is 3.26. The van der Waals surface area contributed by atoms with Crippen molar-refractivity contribution < 1.29 is 4.74 Å². The van der Waals surface area contributed by atoms with E-state index in [0.29, 0.717) is 0 Å². The van der Waals surface area contributed by atoms with Crippen molar-refractivity contribution >= 4 is 0 Å². The Morgan fingerprint density at radius 3 is 2.75 bits per heavy atom. The molecule has 1 heterocycles. The lowest BCUT2D eigenvalue weighted by Gasteiger charge is -2.34. The molecule has 4 unspecified atom stereocenters. The molecule has 2 aliphatic rings. The van der Waals surface area contributed by atoms with Crippen molar-refractivity contribution in [1.29, 1.82) is 0 Å². The highest BCUT2D eigenvalue weighted by Crippen LogP contribution is 2.28. The predicted molar refractivity (Wildman–Crippen MR) is 67.5 cm³/mol. The maximum atomic E-state index is 5.53. The van der Waals surface area contributed by atoms with Gasteiger partial charge in [-0.15, -0.1) is 0 Å². The van der Waals surface area contributed by atoms with Crippen molar-refractivity contribution in [2.24, 2.45) is 17.8 Å². The second kappa shape index (κ2) is 6.02. The standard InChI is InChI=1S/C14H27NO/c1-11-5-6-14(12(2)8-11)15-9-13-4-3-7-16-10-13/h11-15H,3-10H2,1-2H3. The van der Waals surface area contributed by atoms with Gasteiger partial charge in [0.25, 0.3) is 0 Å². The molecule has 0 aromatic heterocycles. The molecule has 0 aromatic rings. The third-order valence-corrected chi connectivity index (χ3v) is 4.35. The van der Waals surface area contributed by atoms with E-state index in [1.807, 2.05) is 0 Å². The zero-order chi connectivity index (χ0) is 11.4. The first kappa shape index (κ1) is 12.4. The van der Waals surface area contributed by atoms with Crippen LogP contribution in [0.4, 0.5) is 0 Å². The van der Waals surface area contributed by atoms with Crippen molar-refractivity contribution in [3.05, 3.63) is 0 Å². The summed E-state index contributed by atoms with van der Waals surface area (Å²) in [5.74, 6) is 2.56. The lowest BCUT2D eigenvalue weighted by molar-refractivity contribution is 0.0517. The Labute approximate surface area is 100 Å². The molecule has 0 bridgehead atoms. The molecule has 1 saturated carbocycles. The molecule has 1 aliphatic heterocycles. The first-order valence-electron chi connectivity index (χ1n) is 7.07. The summed E-state index contributed by atoms with van der Waals surface area (Å²) in [7, 11) is 0. The van der Waals surface area contributed by atoms with Gasteiger partial charge in [0, 0.05) is 19.2 Å². The predicted octanol–water partition coefficient (Wildman–Crippen LogP) is 2.83. The quantitative estimate of drug-likeness (QED) is 0.797. The molecule has 0 amide bonds. The summed E-state index contributed by atoms with van der Waals surface area (Å²) in [5, 5.41) is 3.78. The van der Waals surface area contributed by atoms with Crippen LogP contribution in [0.25, 0.3) is 0 Å². The highest BCUT2D eigenvalue weighted by Gasteiger charge is 2.25. The van der Waals surface area contributed by atoms with E-state index < -0.39 is 0 Å². The van der Waals surface area contributed by atoms with Gasteiger partial charge >= 0.3 is 0 Å². The number of ether oxygens (including phenoxy) is 1. The number of rotatable bonds is 3. The fourth-order valence-electron chi connectivity index (χ4n) is 3.26. The number of hydrogen-bond acceptors (Lipinski definition) is 2. The van der Waals surface area contributed by atoms with E-state index in [9.17, 15) is 0 Å². The van der Waals surface area contributed by atoms with Crippen LogP contribution < -0.4 is 5.32 Å². The molecular formula is C14H27NO. The topological polar surface area (TPSA) is 21.3 Å². The van der Waals surface area contributed by atoms with E-state index in [-0.39, 0.29) is 0 Å². The normalized spacial score (nSPS) is 40.9. The molecule has 16 heavy (non-hydrogen) atoms. The summed E-state index contributed by atoms with van der Waals surface area (Å²) in [6, 6.07) is 0.762. The maximum Gasteiger partial charge on any atom is 0.0506 e. The summed E-state index contributed by atoms with van der Waals surface area (Å²) in [6.45, 7) is 7.92. The van der Waals surface area contributed by atoms with Gasteiger partial charge in [-0.3, -0.25) is 0 Å². The molecule has 2 fully saturated rings. The van der Waals surface area contributed by atoms with Crippen LogP contribution in [0.3, 0.4) is 0 Å². The Hall–Kier alpha value is -0.0800. The first-order chi connectivity index (χ1) is 7.75. The minimum absolute atomic E-state index is 0.762. The third kappa shape index (κ3) is 3.46. The van der Waals surface area contributed by atoms with Crippen molar-refractivity contribution in [3.63, 3.8) is 0 Å². The minimum atomic E-state index is 0.762. The van der Waals surface area contributed by atoms with Gasteiger partial charge in [-0.2, -0.15) is 0 Å². The monoisotopic (exact) mass is 225 g/mol. The van der Waals surface area contributed by atoms with E-state index >= 15 is 0 Å². The van der Waals surface area contributed by atoms with Gasteiger partial charge in [0.05, 0.1) is 6.61 Å². The van der Waals surface area contributed by atoms with Crippen molar-refractivity contribution in [3.8, 4) is 0 Å². The molecule has 2 rings (SSSR count). The number of nitrogens with one attached hydrogen (secondary N) is 1. The Balaban J connectivity index is 1.68. The van der Waals surface area contributed by atoms with Crippen LogP contribution in [-0.4, -0.2) is 25.8 Å². The second-order valence-corrected chi connectivity index (χ2v) is 5.99. The fraction of sp³-hybridized carbons (Fsp3) is 1.00. The molecule has 0 aromatic carbocycles. The summed E-state index contributed by atoms with van der Waals surface area (Å²) >= 11 is 0. The highest BCUT2D eigenvalue weighted by atomic mass is 16.5. The summed E-state index contributed by atoms with van der Waals surface area (Å²) < 4.78 is 5.53. The molecular weight excluding hydrogens is 198 g/mol. The molecule has 0 radical (unpaired) electrons. The van der Waals surface area contributed by atoms with Crippen molar-refractivity contribution in [2.45, 2.75) is 52.0 Å². The third-order valence-electron chi connectivity index (χ3n) is 4.35. The van der Waals surface area contributed by atoms with Gasteiger partial charge in [0.1, 0.15) is 0 Å². The first-order valence-corrected chi connectivity index (χ1v) is 7.07. The van der Waals surface area contributed by atoms with Crippen molar-refractivity contribution in [2.75, 3.05) is 19.8 Å². The lowest BCUT2D eigenvalue weighted by atomic mass is 9.79. The molecule has 2 heteroatoms. The zero-order valence-corrected chi connectivity index (χ0v) is 10.9.